The molecule has 158 valence electrons. The molecule has 0 saturated carbocycles. The van der Waals surface area contributed by atoms with E-state index in [9.17, 15) is 9.59 Å². The predicted molar refractivity (Wildman–Crippen MR) is 124 cm³/mol. The first-order chi connectivity index (χ1) is 15.0. The molecule has 0 fully saturated rings. The summed E-state index contributed by atoms with van der Waals surface area (Å²) in [5.74, 6) is 0.750. The molecular weight excluding hydrogens is 460 g/mol. The number of halogens is 1. The number of ether oxygens (including phenoxy) is 2. The van der Waals surface area contributed by atoms with Crippen molar-refractivity contribution in [3.05, 3.63) is 66.0 Å². The van der Waals surface area contributed by atoms with E-state index in [-0.39, 0.29) is 18.2 Å². The predicted octanol–water partition coefficient (Wildman–Crippen LogP) is 5.76. The van der Waals surface area contributed by atoms with Crippen molar-refractivity contribution in [1.82, 2.24) is 9.55 Å². The third-order valence-electron chi connectivity index (χ3n) is 4.99. The van der Waals surface area contributed by atoms with Crippen LogP contribution in [-0.2, 0) is 11.2 Å². The number of fused-ring (bicyclic) bond motifs is 3. The first-order valence-electron chi connectivity index (χ1n) is 9.98. The normalized spacial score (nSPS) is 11.1. The molecule has 6 nitrogen and oxygen atoms in total. The molecule has 0 spiro atoms. The van der Waals surface area contributed by atoms with Gasteiger partial charge in [-0.2, -0.15) is 0 Å². The fraction of sp³-hybridized carbons (Fsp3) is 0.208. The summed E-state index contributed by atoms with van der Waals surface area (Å²) in [4.78, 5) is 29.4. The third-order valence-corrected chi connectivity index (χ3v) is 5.38. The Labute approximate surface area is 187 Å². The fourth-order valence-electron chi connectivity index (χ4n) is 3.79. The molecule has 0 radical (unpaired) electrons. The van der Waals surface area contributed by atoms with Crippen LogP contribution in [0.1, 0.15) is 34.7 Å². The van der Waals surface area contributed by atoms with Crippen molar-refractivity contribution in [3.8, 4) is 11.5 Å². The van der Waals surface area contributed by atoms with Crippen molar-refractivity contribution < 1.29 is 19.1 Å². The number of alkyl halides is 1. The van der Waals surface area contributed by atoms with E-state index >= 15 is 0 Å². The smallest absolute Gasteiger partial charge is 0.357 e. The molecule has 0 amide bonds. The molecule has 0 N–H and O–H groups in total. The number of aromatic nitrogens is 2. The van der Waals surface area contributed by atoms with Gasteiger partial charge in [-0.3, -0.25) is 9.36 Å². The summed E-state index contributed by atoms with van der Waals surface area (Å²) in [6, 6.07) is 15.1. The Hall–Kier alpha value is -3.19. The molecule has 4 aromatic rings. The molecule has 0 atom stereocenters. The number of carbonyl (C=O) groups excluding carboxylic acids is 2. The van der Waals surface area contributed by atoms with Gasteiger partial charge in [-0.1, -0.05) is 34.1 Å². The topological polar surface area (TPSA) is 70.4 Å². The van der Waals surface area contributed by atoms with E-state index in [1.165, 1.54) is 6.92 Å². The van der Waals surface area contributed by atoms with Crippen LogP contribution in [0.4, 0.5) is 0 Å². The Balaban J connectivity index is 2.00. The lowest BCUT2D eigenvalue weighted by molar-refractivity contribution is 0.0518. The highest BCUT2D eigenvalue weighted by atomic mass is 79.9. The van der Waals surface area contributed by atoms with Gasteiger partial charge in [0.15, 0.2) is 5.69 Å². The number of esters is 1. The van der Waals surface area contributed by atoms with Crippen LogP contribution in [-0.4, -0.2) is 33.4 Å². The number of carbonyl (C=O) groups is 2. The van der Waals surface area contributed by atoms with Crippen LogP contribution in [0.3, 0.4) is 0 Å². The highest BCUT2D eigenvalue weighted by Gasteiger charge is 2.23. The molecule has 2 aromatic heterocycles. The Morgan fingerprint density at radius 2 is 1.84 bits per heavy atom. The van der Waals surface area contributed by atoms with Gasteiger partial charge in [0.25, 0.3) is 0 Å². The van der Waals surface area contributed by atoms with Crippen LogP contribution in [0.25, 0.3) is 21.8 Å². The highest BCUT2D eigenvalue weighted by molar-refractivity contribution is 9.09. The molecule has 0 aliphatic carbocycles. The van der Waals surface area contributed by atoms with Crippen molar-refractivity contribution in [3.63, 3.8) is 0 Å². The fourth-order valence-corrected chi connectivity index (χ4v) is 4.19. The van der Waals surface area contributed by atoms with E-state index in [1.54, 1.807) is 17.7 Å². The Morgan fingerprint density at radius 1 is 1.06 bits per heavy atom. The van der Waals surface area contributed by atoms with E-state index in [4.69, 9.17) is 9.47 Å². The van der Waals surface area contributed by atoms with E-state index in [0.29, 0.717) is 28.8 Å². The molecule has 0 unspecified atom stereocenters. The summed E-state index contributed by atoms with van der Waals surface area (Å²) in [5.41, 5.74) is 2.41. The molecule has 31 heavy (non-hydrogen) atoms. The summed E-state index contributed by atoms with van der Waals surface area (Å²) in [6.45, 7) is 3.53. The molecule has 4 rings (SSSR count). The Bertz CT molecular complexity index is 1280. The van der Waals surface area contributed by atoms with Crippen molar-refractivity contribution in [2.45, 2.75) is 20.3 Å². The number of hydrogen-bond donors (Lipinski definition) is 0. The minimum absolute atomic E-state index is 0.132. The zero-order valence-electron chi connectivity index (χ0n) is 17.2. The number of aryl methyl sites for hydroxylation is 1. The molecule has 0 bridgehead atoms. The second-order valence-electron chi connectivity index (χ2n) is 6.95. The number of para-hydroxylation sites is 1. The SMILES string of the molecule is CCOC(=O)c1ncc2c(c1CCBr)c1cc(Oc3ccccc3)ccc1n2C(C)=O. The minimum atomic E-state index is -0.472. The van der Waals surface area contributed by atoms with Gasteiger partial charge in [-0.05, 0) is 49.2 Å². The van der Waals surface area contributed by atoms with Gasteiger partial charge >= 0.3 is 5.97 Å². The van der Waals surface area contributed by atoms with Crippen LogP contribution in [0.5, 0.6) is 11.5 Å². The lowest BCUT2D eigenvalue weighted by Gasteiger charge is -2.10. The summed E-state index contributed by atoms with van der Waals surface area (Å²) in [5, 5.41) is 2.26. The van der Waals surface area contributed by atoms with Gasteiger partial charge in [-0.15, -0.1) is 0 Å². The maximum Gasteiger partial charge on any atom is 0.357 e. The van der Waals surface area contributed by atoms with Gasteiger partial charge in [0, 0.05) is 23.0 Å². The third kappa shape index (κ3) is 3.93. The van der Waals surface area contributed by atoms with Crippen molar-refractivity contribution >= 4 is 49.6 Å². The first kappa shape index (κ1) is 21.1. The summed E-state index contributed by atoms with van der Waals surface area (Å²) in [7, 11) is 0. The van der Waals surface area contributed by atoms with Crippen LogP contribution in [0.15, 0.2) is 54.7 Å². The summed E-state index contributed by atoms with van der Waals surface area (Å²) >= 11 is 3.47. The summed E-state index contributed by atoms with van der Waals surface area (Å²) in [6.07, 6.45) is 2.12. The van der Waals surface area contributed by atoms with Crippen LogP contribution >= 0.6 is 15.9 Å². The monoisotopic (exact) mass is 480 g/mol. The van der Waals surface area contributed by atoms with Crippen molar-refractivity contribution in [1.29, 1.82) is 0 Å². The quantitative estimate of drug-likeness (QED) is 0.259. The van der Waals surface area contributed by atoms with Crippen molar-refractivity contribution in [2.75, 3.05) is 11.9 Å². The van der Waals surface area contributed by atoms with Crippen LogP contribution < -0.4 is 4.74 Å². The van der Waals surface area contributed by atoms with Gasteiger partial charge in [-0.25, -0.2) is 9.78 Å². The van der Waals surface area contributed by atoms with E-state index in [1.807, 2.05) is 48.5 Å². The maximum atomic E-state index is 12.6. The Morgan fingerprint density at radius 3 is 2.52 bits per heavy atom. The molecule has 7 heteroatoms. The molecule has 0 aliphatic rings. The standard InChI is InChI=1S/C24H21BrN2O4/c1-3-30-24(29)23-18(11-12-25)22-19-13-17(31-16-7-5-4-6-8-16)9-10-20(19)27(15(2)28)21(22)14-26-23/h4-10,13-14H,3,11-12H2,1-2H3. The van der Waals surface area contributed by atoms with Gasteiger partial charge < -0.3 is 9.47 Å². The average molecular weight is 481 g/mol. The first-order valence-corrected chi connectivity index (χ1v) is 11.1. The molecule has 2 heterocycles. The van der Waals surface area contributed by atoms with Gasteiger partial charge in [0.05, 0.1) is 23.8 Å². The second-order valence-corrected chi connectivity index (χ2v) is 7.75. The highest BCUT2D eigenvalue weighted by Crippen LogP contribution is 2.36. The maximum absolute atomic E-state index is 12.6. The van der Waals surface area contributed by atoms with Crippen molar-refractivity contribution in [2.24, 2.45) is 0 Å². The number of nitrogens with zero attached hydrogens (tertiary/aromatic N) is 2. The second kappa shape index (κ2) is 8.89. The number of pyridine rings is 1. The van der Waals surface area contributed by atoms with E-state index < -0.39 is 5.97 Å². The lowest BCUT2D eigenvalue weighted by atomic mass is 10.0. The molecule has 0 aliphatic heterocycles. The molecule has 2 aromatic carbocycles. The Kier molecular flexibility index (Phi) is 6.04. The van der Waals surface area contributed by atoms with Crippen LogP contribution in [0, 0.1) is 0 Å². The van der Waals surface area contributed by atoms with Crippen LogP contribution in [0.2, 0.25) is 0 Å². The van der Waals surface area contributed by atoms with E-state index in [0.717, 1.165) is 21.9 Å². The summed E-state index contributed by atoms with van der Waals surface area (Å²) < 4.78 is 12.8. The minimum Gasteiger partial charge on any atom is -0.461 e. The molecular formula is C24H21BrN2O4. The zero-order chi connectivity index (χ0) is 22.0. The van der Waals surface area contributed by atoms with E-state index in [2.05, 4.69) is 20.9 Å². The zero-order valence-corrected chi connectivity index (χ0v) is 18.8. The lowest BCUT2D eigenvalue weighted by Crippen LogP contribution is -2.12. The van der Waals surface area contributed by atoms with Gasteiger partial charge in [0.1, 0.15) is 11.5 Å². The number of hydrogen-bond acceptors (Lipinski definition) is 5. The number of benzene rings is 2. The molecule has 0 saturated heterocycles. The number of rotatable bonds is 6. The largest absolute Gasteiger partial charge is 0.461 e. The van der Waals surface area contributed by atoms with Gasteiger partial charge in [0.2, 0.25) is 5.91 Å². The average Bonchev–Trinajstić information content (AvgIpc) is 3.09.